The average Bonchev–Trinajstić information content (AvgIpc) is 2.79. The van der Waals surface area contributed by atoms with Crippen LogP contribution in [0.5, 0.6) is 11.5 Å². The first-order valence-electron chi connectivity index (χ1n) is 9.45. The summed E-state index contributed by atoms with van der Waals surface area (Å²) in [5, 5.41) is 0. The van der Waals surface area contributed by atoms with E-state index in [2.05, 4.69) is 0 Å². The summed E-state index contributed by atoms with van der Waals surface area (Å²) in [6.07, 6.45) is 0. The van der Waals surface area contributed by atoms with E-state index < -0.39 is 5.91 Å². The Hall–Kier alpha value is -3.80. The Bertz CT molecular complexity index is 965. The van der Waals surface area contributed by atoms with E-state index in [4.69, 9.17) is 15.2 Å². The van der Waals surface area contributed by atoms with Gasteiger partial charge in [-0.1, -0.05) is 30.3 Å². The van der Waals surface area contributed by atoms with Crippen molar-refractivity contribution < 1.29 is 19.1 Å². The monoisotopic (exact) mass is 404 g/mol. The van der Waals surface area contributed by atoms with Crippen LogP contribution in [0, 0.1) is 0 Å². The maximum atomic E-state index is 13.3. The molecule has 0 saturated heterocycles. The van der Waals surface area contributed by atoms with Crippen LogP contribution in [0.2, 0.25) is 0 Å². The zero-order valence-electron chi connectivity index (χ0n) is 17.0. The summed E-state index contributed by atoms with van der Waals surface area (Å²) < 4.78 is 10.4. The van der Waals surface area contributed by atoms with Gasteiger partial charge in [0.2, 0.25) is 5.91 Å². The van der Waals surface area contributed by atoms with E-state index >= 15 is 0 Å². The Kier molecular flexibility index (Phi) is 6.70. The molecule has 0 aliphatic carbocycles. The molecule has 0 aliphatic heterocycles. The fourth-order valence-electron chi connectivity index (χ4n) is 3.09. The van der Waals surface area contributed by atoms with Crippen LogP contribution >= 0.6 is 0 Å². The first-order chi connectivity index (χ1) is 14.5. The van der Waals surface area contributed by atoms with Crippen LogP contribution in [0.3, 0.4) is 0 Å². The van der Waals surface area contributed by atoms with Gasteiger partial charge in [0, 0.05) is 24.2 Å². The van der Waals surface area contributed by atoms with Crippen molar-refractivity contribution in [3.63, 3.8) is 0 Å². The first-order valence-corrected chi connectivity index (χ1v) is 9.45. The lowest BCUT2D eigenvalue weighted by atomic mass is 10.1. The van der Waals surface area contributed by atoms with Gasteiger partial charge in [-0.15, -0.1) is 0 Å². The molecule has 2 N–H and O–H groups in total. The van der Waals surface area contributed by atoms with Gasteiger partial charge in [0.15, 0.2) is 0 Å². The van der Waals surface area contributed by atoms with Crippen molar-refractivity contribution in [2.24, 2.45) is 5.73 Å². The smallest absolute Gasteiger partial charge is 0.254 e. The number of carbonyl (C=O) groups is 2. The lowest BCUT2D eigenvalue weighted by Crippen LogP contribution is -2.30. The first kappa shape index (κ1) is 20.9. The molecular weight excluding hydrogens is 380 g/mol. The van der Waals surface area contributed by atoms with E-state index in [0.717, 1.165) is 22.6 Å². The number of nitrogens with two attached hydrogens (primary N) is 1. The van der Waals surface area contributed by atoms with E-state index in [1.54, 1.807) is 37.3 Å². The third-order valence-electron chi connectivity index (χ3n) is 4.75. The lowest BCUT2D eigenvalue weighted by molar-refractivity contribution is 0.0730. The molecule has 3 aromatic carbocycles. The van der Waals surface area contributed by atoms with Gasteiger partial charge in [0.1, 0.15) is 11.5 Å². The average molecular weight is 404 g/mol. The number of methoxy groups -OCH3 is 2. The second kappa shape index (κ2) is 9.60. The van der Waals surface area contributed by atoms with Gasteiger partial charge < -0.3 is 20.1 Å². The van der Waals surface area contributed by atoms with Gasteiger partial charge >= 0.3 is 0 Å². The lowest BCUT2D eigenvalue weighted by Gasteiger charge is -2.24. The normalized spacial score (nSPS) is 10.3. The van der Waals surface area contributed by atoms with E-state index in [-0.39, 0.29) is 5.91 Å². The molecule has 0 fully saturated rings. The molecule has 3 rings (SSSR count). The molecule has 3 aromatic rings. The molecule has 6 nitrogen and oxygen atoms in total. The van der Waals surface area contributed by atoms with E-state index in [9.17, 15) is 9.59 Å². The molecule has 2 amide bonds. The number of rotatable bonds is 8. The van der Waals surface area contributed by atoms with Crippen LogP contribution in [0.4, 0.5) is 0 Å². The zero-order chi connectivity index (χ0) is 21.5. The Morgan fingerprint density at radius 1 is 0.767 bits per heavy atom. The largest absolute Gasteiger partial charge is 0.497 e. The molecule has 0 saturated carbocycles. The number of primary amides is 1. The van der Waals surface area contributed by atoms with Crippen LogP contribution < -0.4 is 15.2 Å². The van der Waals surface area contributed by atoms with Gasteiger partial charge in [0.25, 0.3) is 5.91 Å². The van der Waals surface area contributed by atoms with Crippen LogP contribution in [0.1, 0.15) is 31.8 Å². The Balaban J connectivity index is 1.89. The van der Waals surface area contributed by atoms with Crippen molar-refractivity contribution in [2.45, 2.75) is 13.1 Å². The Labute approximate surface area is 175 Å². The minimum atomic E-state index is -0.568. The molecule has 0 aromatic heterocycles. The number of ether oxygens (including phenoxy) is 2. The number of benzene rings is 3. The zero-order valence-corrected chi connectivity index (χ0v) is 17.0. The van der Waals surface area contributed by atoms with E-state index in [1.165, 1.54) is 6.07 Å². The summed E-state index contributed by atoms with van der Waals surface area (Å²) in [4.78, 5) is 26.5. The van der Waals surface area contributed by atoms with Crippen molar-refractivity contribution in [1.82, 2.24) is 4.90 Å². The highest BCUT2D eigenvalue weighted by Crippen LogP contribution is 2.19. The molecule has 0 aliphatic rings. The molecule has 0 heterocycles. The van der Waals surface area contributed by atoms with Gasteiger partial charge in [-0.25, -0.2) is 0 Å². The molecule has 0 bridgehead atoms. The number of nitrogens with zero attached hydrogens (tertiary/aromatic N) is 1. The predicted molar refractivity (Wildman–Crippen MR) is 115 cm³/mol. The third kappa shape index (κ3) is 5.17. The molecular formula is C24H24N2O4. The quantitative estimate of drug-likeness (QED) is 0.621. The standard InChI is InChI=1S/C24H24N2O4/c1-29-21-10-6-17(7-11-21)15-26(16-18-8-12-22(30-2)13-9-18)24(28)20-5-3-4-19(14-20)23(25)27/h3-14H,15-16H2,1-2H3,(H2,25,27). The SMILES string of the molecule is COc1ccc(CN(Cc2ccc(OC)cc2)C(=O)c2cccc(C(N)=O)c2)cc1. The molecule has 30 heavy (non-hydrogen) atoms. The Morgan fingerprint density at radius 2 is 1.23 bits per heavy atom. The second-order valence-corrected chi connectivity index (χ2v) is 6.80. The summed E-state index contributed by atoms with van der Waals surface area (Å²) in [5.74, 6) is 0.744. The number of hydrogen-bond acceptors (Lipinski definition) is 4. The molecule has 0 radical (unpaired) electrons. The van der Waals surface area contributed by atoms with Crippen molar-refractivity contribution in [3.8, 4) is 11.5 Å². The molecule has 0 unspecified atom stereocenters. The van der Waals surface area contributed by atoms with Crippen LogP contribution in [-0.4, -0.2) is 30.9 Å². The summed E-state index contributed by atoms with van der Waals surface area (Å²) in [6, 6.07) is 21.6. The van der Waals surface area contributed by atoms with Gasteiger partial charge in [-0.2, -0.15) is 0 Å². The maximum absolute atomic E-state index is 13.3. The number of amides is 2. The highest BCUT2D eigenvalue weighted by molar-refractivity contribution is 5.99. The van der Waals surface area contributed by atoms with Crippen molar-refractivity contribution in [3.05, 3.63) is 95.1 Å². The highest BCUT2D eigenvalue weighted by atomic mass is 16.5. The van der Waals surface area contributed by atoms with Crippen LogP contribution in [0.25, 0.3) is 0 Å². The van der Waals surface area contributed by atoms with E-state index in [0.29, 0.717) is 24.2 Å². The minimum Gasteiger partial charge on any atom is -0.497 e. The Morgan fingerprint density at radius 3 is 1.67 bits per heavy atom. The number of hydrogen-bond donors (Lipinski definition) is 1. The molecule has 154 valence electrons. The van der Waals surface area contributed by atoms with Gasteiger partial charge in [-0.05, 0) is 53.6 Å². The van der Waals surface area contributed by atoms with Crippen molar-refractivity contribution in [2.75, 3.05) is 14.2 Å². The van der Waals surface area contributed by atoms with Crippen LogP contribution in [-0.2, 0) is 13.1 Å². The number of carbonyl (C=O) groups excluding carboxylic acids is 2. The summed E-state index contributed by atoms with van der Waals surface area (Å²) >= 11 is 0. The molecule has 6 heteroatoms. The second-order valence-electron chi connectivity index (χ2n) is 6.80. The fourth-order valence-corrected chi connectivity index (χ4v) is 3.09. The summed E-state index contributed by atoms with van der Waals surface area (Å²) in [6.45, 7) is 0.797. The van der Waals surface area contributed by atoms with Crippen LogP contribution in [0.15, 0.2) is 72.8 Å². The third-order valence-corrected chi connectivity index (χ3v) is 4.75. The predicted octanol–water partition coefficient (Wildman–Crippen LogP) is 3.65. The molecule has 0 spiro atoms. The molecule has 0 atom stereocenters. The minimum absolute atomic E-state index is 0.190. The highest BCUT2D eigenvalue weighted by Gasteiger charge is 2.18. The summed E-state index contributed by atoms with van der Waals surface area (Å²) in [5.41, 5.74) is 8.01. The van der Waals surface area contributed by atoms with Gasteiger partial charge in [0.05, 0.1) is 14.2 Å². The fraction of sp³-hybridized carbons (Fsp3) is 0.167. The maximum Gasteiger partial charge on any atom is 0.254 e. The van der Waals surface area contributed by atoms with E-state index in [1.807, 2.05) is 48.5 Å². The van der Waals surface area contributed by atoms with Gasteiger partial charge in [-0.3, -0.25) is 9.59 Å². The van der Waals surface area contributed by atoms with Crippen molar-refractivity contribution >= 4 is 11.8 Å². The topological polar surface area (TPSA) is 81.9 Å². The van der Waals surface area contributed by atoms with Crippen molar-refractivity contribution in [1.29, 1.82) is 0 Å². The summed E-state index contributed by atoms with van der Waals surface area (Å²) in [7, 11) is 3.22.